The molecule has 1 aliphatic rings. The fraction of sp³-hybridized carbons (Fsp3) is 0.417. The molecule has 0 saturated carbocycles. The number of carbonyl (C=O) groups excluding carboxylic acids is 2. The Balaban J connectivity index is 1.65. The third-order valence-electron chi connectivity index (χ3n) is 5.92. The Kier molecular flexibility index (Phi) is 7.03. The average Bonchev–Trinajstić information content (AvgIpc) is 2.74. The van der Waals surface area contributed by atoms with E-state index < -0.39 is 6.04 Å². The summed E-state index contributed by atoms with van der Waals surface area (Å²) in [5, 5.41) is 13.5. The number of aromatic hydroxyl groups is 1. The molecule has 0 aliphatic carbocycles. The van der Waals surface area contributed by atoms with Gasteiger partial charge >= 0.3 is 0 Å². The maximum Gasteiger partial charge on any atom is 0.252 e. The van der Waals surface area contributed by atoms with Gasteiger partial charge in [0.1, 0.15) is 11.8 Å². The lowest BCUT2D eigenvalue weighted by Gasteiger charge is -2.35. The van der Waals surface area contributed by atoms with Crippen LogP contribution in [0.25, 0.3) is 0 Å². The minimum absolute atomic E-state index is 0.0481. The maximum atomic E-state index is 13.2. The molecule has 3 rings (SSSR count). The summed E-state index contributed by atoms with van der Waals surface area (Å²) in [7, 11) is 0. The molecule has 1 aliphatic heterocycles. The molecule has 1 fully saturated rings. The number of benzene rings is 2. The Morgan fingerprint density at radius 1 is 1.10 bits per heavy atom. The van der Waals surface area contributed by atoms with Gasteiger partial charge in [-0.25, -0.2) is 0 Å². The van der Waals surface area contributed by atoms with E-state index in [4.69, 9.17) is 11.6 Å². The maximum absolute atomic E-state index is 13.2. The summed E-state index contributed by atoms with van der Waals surface area (Å²) in [6, 6.07) is 12.1. The minimum Gasteiger partial charge on any atom is -0.508 e. The van der Waals surface area contributed by atoms with Crippen molar-refractivity contribution in [2.24, 2.45) is 5.92 Å². The zero-order chi connectivity index (χ0) is 21.8. The molecular formula is C24H29ClN2O3. The van der Waals surface area contributed by atoms with E-state index >= 15 is 0 Å². The van der Waals surface area contributed by atoms with Crippen molar-refractivity contribution in [3.05, 3.63) is 64.2 Å². The van der Waals surface area contributed by atoms with Crippen LogP contribution in [0.3, 0.4) is 0 Å². The summed E-state index contributed by atoms with van der Waals surface area (Å²) in [4.78, 5) is 27.8. The topological polar surface area (TPSA) is 69.6 Å². The van der Waals surface area contributed by atoms with Crippen LogP contribution in [-0.2, 0) is 4.79 Å². The summed E-state index contributed by atoms with van der Waals surface area (Å²) in [6.07, 6.45) is 1.77. The van der Waals surface area contributed by atoms with Crippen LogP contribution in [0.4, 0.5) is 0 Å². The van der Waals surface area contributed by atoms with Crippen LogP contribution in [0, 0.1) is 12.8 Å². The van der Waals surface area contributed by atoms with Gasteiger partial charge in [-0.2, -0.15) is 0 Å². The number of likely N-dealkylation sites (tertiary alicyclic amines) is 1. The van der Waals surface area contributed by atoms with E-state index in [0.717, 1.165) is 17.9 Å². The number of nitrogens with one attached hydrogen (secondary N) is 1. The molecule has 2 aromatic carbocycles. The standard InChI is InChI=1S/C24H29ClN2O3/c1-15(2)22(26-23(29)20-5-4-6-21(28)16(20)3)24(30)27-13-11-18(12-14-27)17-7-9-19(25)10-8-17/h4-10,15,18,22,28H,11-14H2,1-3H3,(H,26,29)/t22-/m1/s1. The second-order valence-corrected chi connectivity index (χ2v) is 8.73. The van der Waals surface area contributed by atoms with Gasteiger partial charge in [-0.3, -0.25) is 9.59 Å². The first kappa shape index (κ1) is 22.2. The fourth-order valence-corrected chi connectivity index (χ4v) is 4.09. The summed E-state index contributed by atoms with van der Waals surface area (Å²) in [5.74, 6) is 0.0398. The summed E-state index contributed by atoms with van der Waals surface area (Å²) < 4.78 is 0. The van der Waals surface area contributed by atoms with Gasteiger partial charge in [0.05, 0.1) is 0 Å². The monoisotopic (exact) mass is 428 g/mol. The second kappa shape index (κ2) is 9.52. The quantitative estimate of drug-likeness (QED) is 0.735. The van der Waals surface area contributed by atoms with Gasteiger partial charge in [0.15, 0.2) is 0 Å². The van der Waals surface area contributed by atoms with Crippen molar-refractivity contribution in [2.75, 3.05) is 13.1 Å². The predicted molar refractivity (Wildman–Crippen MR) is 119 cm³/mol. The van der Waals surface area contributed by atoms with Gasteiger partial charge in [-0.1, -0.05) is 43.6 Å². The molecule has 0 spiro atoms. The minimum atomic E-state index is -0.605. The number of hydrogen-bond donors (Lipinski definition) is 2. The number of phenolic OH excluding ortho intramolecular Hbond substituents is 1. The van der Waals surface area contributed by atoms with Crippen molar-refractivity contribution in [3.63, 3.8) is 0 Å². The first-order valence-electron chi connectivity index (χ1n) is 10.4. The Hall–Kier alpha value is -2.53. The van der Waals surface area contributed by atoms with Crippen LogP contribution in [0.15, 0.2) is 42.5 Å². The smallest absolute Gasteiger partial charge is 0.252 e. The molecule has 6 heteroatoms. The highest BCUT2D eigenvalue weighted by atomic mass is 35.5. The highest BCUT2D eigenvalue weighted by molar-refractivity contribution is 6.30. The molecule has 160 valence electrons. The number of phenols is 1. The van der Waals surface area contributed by atoms with Crippen LogP contribution in [-0.4, -0.2) is 41.0 Å². The van der Waals surface area contributed by atoms with E-state index in [-0.39, 0.29) is 23.5 Å². The van der Waals surface area contributed by atoms with Gasteiger partial charge in [0.25, 0.3) is 5.91 Å². The van der Waals surface area contributed by atoms with Gasteiger partial charge in [0.2, 0.25) is 5.91 Å². The molecule has 1 heterocycles. The highest BCUT2D eigenvalue weighted by Gasteiger charge is 2.32. The van der Waals surface area contributed by atoms with Crippen LogP contribution >= 0.6 is 11.6 Å². The number of hydrogen-bond acceptors (Lipinski definition) is 3. The number of carbonyl (C=O) groups is 2. The zero-order valence-corrected chi connectivity index (χ0v) is 18.4. The van der Waals surface area contributed by atoms with Crippen molar-refractivity contribution in [3.8, 4) is 5.75 Å². The molecule has 0 radical (unpaired) electrons. The Morgan fingerprint density at radius 3 is 2.33 bits per heavy atom. The van der Waals surface area contributed by atoms with E-state index in [2.05, 4.69) is 17.4 Å². The first-order valence-corrected chi connectivity index (χ1v) is 10.8. The molecule has 2 aromatic rings. The molecule has 30 heavy (non-hydrogen) atoms. The molecule has 5 nitrogen and oxygen atoms in total. The molecule has 0 unspecified atom stereocenters. The molecule has 1 saturated heterocycles. The molecule has 0 aromatic heterocycles. The number of amides is 2. The van der Waals surface area contributed by atoms with Gasteiger partial charge in [-0.15, -0.1) is 0 Å². The number of rotatable bonds is 5. The molecule has 0 bridgehead atoms. The van der Waals surface area contributed by atoms with Crippen LogP contribution in [0.2, 0.25) is 5.02 Å². The molecule has 1 atom stereocenters. The van der Waals surface area contributed by atoms with Gasteiger partial charge in [0, 0.05) is 29.2 Å². The van der Waals surface area contributed by atoms with Crippen molar-refractivity contribution in [1.29, 1.82) is 0 Å². The van der Waals surface area contributed by atoms with Crippen LogP contribution in [0.5, 0.6) is 5.75 Å². The van der Waals surface area contributed by atoms with E-state index in [9.17, 15) is 14.7 Å². The van der Waals surface area contributed by atoms with E-state index in [1.165, 1.54) is 5.56 Å². The summed E-state index contributed by atoms with van der Waals surface area (Å²) >= 11 is 5.98. The normalized spacial score (nSPS) is 15.8. The van der Waals surface area contributed by atoms with Crippen molar-refractivity contribution < 1.29 is 14.7 Å². The van der Waals surface area contributed by atoms with Crippen molar-refractivity contribution in [2.45, 2.75) is 45.6 Å². The van der Waals surface area contributed by atoms with E-state index in [1.54, 1.807) is 25.1 Å². The van der Waals surface area contributed by atoms with Crippen molar-refractivity contribution in [1.82, 2.24) is 10.2 Å². The summed E-state index contributed by atoms with van der Waals surface area (Å²) in [6.45, 7) is 6.88. The molecular weight excluding hydrogens is 400 g/mol. The lowest BCUT2D eigenvalue weighted by atomic mass is 9.89. The van der Waals surface area contributed by atoms with Crippen LogP contribution < -0.4 is 5.32 Å². The van der Waals surface area contributed by atoms with Gasteiger partial charge in [-0.05, 0) is 61.4 Å². The number of halogens is 1. The second-order valence-electron chi connectivity index (χ2n) is 8.30. The van der Waals surface area contributed by atoms with E-state index in [1.807, 2.05) is 30.9 Å². The number of piperidine rings is 1. The zero-order valence-electron chi connectivity index (χ0n) is 17.7. The highest BCUT2D eigenvalue weighted by Crippen LogP contribution is 2.29. The molecule has 2 N–H and O–H groups in total. The third kappa shape index (κ3) is 4.96. The Morgan fingerprint density at radius 2 is 1.73 bits per heavy atom. The lowest BCUT2D eigenvalue weighted by molar-refractivity contribution is -0.135. The van der Waals surface area contributed by atoms with Gasteiger partial charge < -0.3 is 15.3 Å². The first-order chi connectivity index (χ1) is 14.3. The number of nitrogens with zero attached hydrogens (tertiary/aromatic N) is 1. The largest absolute Gasteiger partial charge is 0.508 e. The fourth-order valence-electron chi connectivity index (χ4n) is 3.97. The Bertz CT molecular complexity index is 903. The van der Waals surface area contributed by atoms with Crippen LogP contribution in [0.1, 0.15) is 54.1 Å². The third-order valence-corrected chi connectivity index (χ3v) is 6.17. The van der Waals surface area contributed by atoms with Crippen molar-refractivity contribution >= 4 is 23.4 Å². The summed E-state index contributed by atoms with van der Waals surface area (Å²) in [5.41, 5.74) is 2.14. The SMILES string of the molecule is Cc1c(O)cccc1C(=O)N[C@@H](C(=O)N1CCC(c2ccc(Cl)cc2)CC1)C(C)C. The Labute approximate surface area is 183 Å². The lowest BCUT2D eigenvalue weighted by Crippen LogP contribution is -2.52. The predicted octanol–water partition coefficient (Wildman–Crippen LogP) is 4.51. The molecule has 2 amide bonds. The van der Waals surface area contributed by atoms with E-state index in [0.29, 0.717) is 30.1 Å². The average molecular weight is 429 g/mol.